The van der Waals surface area contributed by atoms with Crippen molar-refractivity contribution in [1.82, 2.24) is 14.3 Å². The predicted molar refractivity (Wildman–Crippen MR) is 149 cm³/mol. The van der Waals surface area contributed by atoms with Gasteiger partial charge in [-0.1, -0.05) is 30.4 Å². The molecule has 4 aromatic rings. The third-order valence-electron chi connectivity index (χ3n) is 6.91. The van der Waals surface area contributed by atoms with Crippen LogP contribution in [-0.2, 0) is 27.8 Å². The van der Waals surface area contributed by atoms with E-state index in [4.69, 9.17) is 9.72 Å². The number of nitrogens with zero attached hydrogens (tertiary/aromatic N) is 4. The van der Waals surface area contributed by atoms with Crippen LogP contribution in [0.4, 0.5) is 5.13 Å². The summed E-state index contributed by atoms with van der Waals surface area (Å²) in [6, 6.07) is 16.4. The quantitative estimate of drug-likeness (QED) is 0.310. The summed E-state index contributed by atoms with van der Waals surface area (Å²) < 4.78 is 34.0. The highest BCUT2D eigenvalue weighted by Gasteiger charge is 2.35. The summed E-state index contributed by atoms with van der Waals surface area (Å²) in [5.74, 6) is 0.264. The van der Waals surface area contributed by atoms with Crippen molar-refractivity contribution in [2.45, 2.75) is 37.6 Å². The second kappa shape index (κ2) is 11.2. The fourth-order valence-electron chi connectivity index (χ4n) is 4.67. The molecule has 1 aliphatic rings. The van der Waals surface area contributed by atoms with Gasteiger partial charge >= 0.3 is 0 Å². The molecule has 0 N–H and O–H groups in total. The maximum absolute atomic E-state index is 13.9. The smallest absolute Gasteiger partial charge is 0.243 e. The first-order chi connectivity index (χ1) is 18.4. The highest BCUT2D eigenvalue weighted by molar-refractivity contribution is 7.89. The lowest BCUT2D eigenvalue weighted by atomic mass is 9.96. The van der Waals surface area contributed by atoms with Gasteiger partial charge in [0.2, 0.25) is 15.9 Å². The van der Waals surface area contributed by atoms with Crippen LogP contribution in [-0.4, -0.2) is 48.8 Å². The summed E-state index contributed by atoms with van der Waals surface area (Å²) in [4.78, 5) is 24.9. The van der Waals surface area contributed by atoms with Gasteiger partial charge in [-0.3, -0.25) is 14.7 Å². The standard InChI is InChI=1S/C28H30N4O4S2/c1-3-20-6-11-25-26(17-20)37-28(30-25)32(19-21-5-4-14-29-18-21)27(33)22-12-15-31(16-13-22)38(34,35)24-9-7-23(36-2)8-10-24/h4-11,14,17-18,22H,3,12-13,15-16,19H2,1-2H3. The molecule has 0 saturated carbocycles. The van der Waals surface area contributed by atoms with Gasteiger partial charge in [0.1, 0.15) is 5.75 Å². The number of amides is 1. The molecule has 1 saturated heterocycles. The molecule has 0 atom stereocenters. The van der Waals surface area contributed by atoms with Gasteiger partial charge in [-0.25, -0.2) is 13.4 Å². The Morgan fingerprint density at radius 2 is 1.87 bits per heavy atom. The summed E-state index contributed by atoms with van der Waals surface area (Å²) in [6.45, 7) is 3.04. The number of benzene rings is 2. The van der Waals surface area contributed by atoms with Crippen molar-refractivity contribution in [3.63, 3.8) is 0 Å². The van der Waals surface area contributed by atoms with Gasteiger partial charge in [-0.05, 0) is 72.9 Å². The zero-order chi connectivity index (χ0) is 26.7. The van der Waals surface area contributed by atoms with Crippen LogP contribution in [0.5, 0.6) is 5.75 Å². The molecule has 198 valence electrons. The number of sulfonamides is 1. The largest absolute Gasteiger partial charge is 0.497 e. The highest BCUT2D eigenvalue weighted by atomic mass is 32.2. The van der Waals surface area contributed by atoms with E-state index in [0.29, 0.717) is 30.3 Å². The lowest BCUT2D eigenvalue weighted by Crippen LogP contribution is -2.44. The van der Waals surface area contributed by atoms with Crippen LogP contribution in [0.3, 0.4) is 0 Å². The van der Waals surface area contributed by atoms with E-state index in [2.05, 4.69) is 24.0 Å². The van der Waals surface area contributed by atoms with Crippen molar-refractivity contribution in [2.75, 3.05) is 25.1 Å². The summed E-state index contributed by atoms with van der Waals surface area (Å²) in [6.07, 6.45) is 5.29. The van der Waals surface area contributed by atoms with E-state index in [1.807, 2.05) is 18.2 Å². The van der Waals surface area contributed by atoms with Gasteiger partial charge in [0.25, 0.3) is 0 Å². The predicted octanol–water partition coefficient (Wildman–Crippen LogP) is 4.90. The number of thiazole rings is 1. The number of carbonyl (C=O) groups excluding carboxylic acids is 1. The number of carbonyl (C=O) groups is 1. The van der Waals surface area contributed by atoms with Crippen molar-refractivity contribution in [3.8, 4) is 5.75 Å². The summed E-state index contributed by atoms with van der Waals surface area (Å²) in [7, 11) is -2.11. The zero-order valence-corrected chi connectivity index (χ0v) is 23.0. The monoisotopic (exact) mass is 550 g/mol. The molecule has 1 fully saturated rings. The number of aryl methyl sites for hydroxylation is 1. The molecule has 0 spiro atoms. The first-order valence-electron chi connectivity index (χ1n) is 12.6. The van der Waals surface area contributed by atoms with E-state index in [9.17, 15) is 13.2 Å². The molecule has 0 aliphatic carbocycles. The number of ether oxygens (including phenoxy) is 1. The minimum Gasteiger partial charge on any atom is -0.497 e. The maximum Gasteiger partial charge on any atom is 0.243 e. The number of fused-ring (bicyclic) bond motifs is 1. The van der Waals surface area contributed by atoms with Crippen molar-refractivity contribution in [2.24, 2.45) is 5.92 Å². The average Bonchev–Trinajstić information content (AvgIpc) is 3.39. The Kier molecular flexibility index (Phi) is 7.73. The first-order valence-corrected chi connectivity index (χ1v) is 14.9. The van der Waals surface area contributed by atoms with E-state index in [1.54, 1.807) is 48.7 Å². The lowest BCUT2D eigenvalue weighted by Gasteiger charge is -2.33. The minimum atomic E-state index is -3.65. The molecule has 5 rings (SSSR count). The van der Waals surface area contributed by atoms with E-state index in [1.165, 1.54) is 21.2 Å². The molecular formula is C28H30N4O4S2. The molecule has 2 aromatic carbocycles. The molecule has 8 nitrogen and oxygen atoms in total. The number of rotatable bonds is 8. The van der Waals surface area contributed by atoms with Crippen molar-refractivity contribution in [3.05, 3.63) is 78.1 Å². The Morgan fingerprint density at radius 1 is 1.11 bits per heavy atom. The molecule has 0 bridgehead atoms. The van der Waals surface area contributed by atoms with Crippen LogP contribution in [0.1, 0.15) is 30.9 Å². The van der Waals surface area contributed by atoms with Crippen LogP contribution < -0.4 is 9.64 Å². The summed E-state index contributed by atoms with van der Waals surface area (Å²) in [5, 5.41) is 0.649. The number of aromatic nitrogens is 2. The van der Waals surface area contributed by atoms with Gasteiger partial charge in [0.15, 0.2) is 5.13 Å². The number of hydrogen-bond acceptors (Lipinski definition) is 7. The van der Waals surface area contributed by atoms with Crippen molar-refractivity contribution >= 4 is 42.6 Å². The van der Waals surface area contributed by atoms with Crippen LogP contribution in [0.15, 0.2) is 71.9 Å². The lowest BCUT2D eigenvalue weighted by molar-refractivity contribution is -0.123. The Labute approximate surface area is 227 Å². The normalized spacial score (nSPS) is 15.0. The number of piperidine rings is 1. The van der Waals surface area contributed by atoms with E-state index in [-0.39, 0.29) is 29.8 Å². The van der Waals surface area contributed by atoms with Crippen LogP contribution >= 0.6 is 11.3 Å². The van der Waals surface area contributed by atoms with Crippen molar-refractivity contribution in [1.29, 1.82) is 0 Å². The second-order valence-corrected chi connectivity index (χ2v) is 12.2. The molecule has 10 heteroatoms. The minimum absolute atomic E-state index is 0.0369. The molecule has 0 radical (unpaired) electrons. The Hall–Kier alpha value is -3.34. The van der Waals surface area contributed by atoms with Crippen LogP contribution in [0, 0.1) is 5.92 Å². The van der Waals surface area contributed by atoms with E-state index in [0.717, 1.165) is 22.2 Å². The highest BCUT2D eigenvalue weighted by Crippen LogP contribution is 2.33. The number of anilines is 1. The van der Waals surface area contributed by atoms with Gasteiger partial charge < -0.3 is 4.74 Å². The topological polar surface area (TPSA) is 92.7 Å². The maximum atomic E-state index is 13.9. The Morgan fingerprint density at radius 3 is 2.53 bits per heavy atom. The van der Waals surface area contributed by atoms with Gasteiger partial charge in [-0.15, -0.1) is 0 Å². The zero-order valence-electron chi connectivity index (χ0n) is 21.4. The Balaban J connectivity index is 1.36. The number of hydrogen-bond donors (Lipinski definition) is 0. The summed E-state index contributed by atoms with van der Waals surface area (Å²) in [5.41, 5.74) is 3.00. The molecular weight excluding hydrogens is 520 g/mol. The fraction of sp³-hybridized carbons (Fsp3) is 0.321. The average molecular weight is 551 g/mol. The van der Waals surface area contributed by atoms with E-state index >= 15 is 0 Å². The van der Waals surface area contributed by atoms with Gasteiger partial charge in [0, 0.05) is 31.4 Å². The fourth-order valence-corrected chi connectivity index (χ4v) is 7.17. The molecule has 1 aliphatic heterocycles. The molecule has 3 heterocycles. The number of pyridine rings is 1. The molecule has 0 unspecified atom stereocenters. The van der Waals surface area contributed by atoms with E-state index < -0.39 is 10.0 Å². The summed E-state index contributed by atoms with van der Waals surface area (Å²) >= 11 is 1.51. The second-order valence-electron chi connectivity index (χ2n) is 9.29. The third-order valence-corrected chi connectivity index (χ3v) is 9.86. The molecule has 38 heavy (non-hydrogen) atoms. The Bertz CT molecular complexity index is 1510. The third kappa shape index (κ3) is 5.43. The van der Waals surface area contributed by atoms with Crippen LogP contribution in [0.2, 0.25) is 0 Å². The molecule has 2 aromatic heterocycles. The first kappa shape index (κ1) is 26.3. The van der Waals surface area contributed by atoms with Crippen molar-refractivity contribution < 1.29 is 17.9 Å². The van der Waals surface area contributed by atoms with Gasteiger partial charge in [-0.2, -0.15) is 4.31 Å². The SMILES string of the molecule is CCc1ccc2nc(N(Cc3cccnc3)C(=O)C3CCN(S(=O)(=O)c4ccc(OC)cc4)CC3)sc2c1. The van der Waals surface area contributed by atoms with Crippen LogP contribution in [0.25, 0.3) is 10.2 Å². The molecule has 1 amide bonds. The number of methoxy groups -OCH3 is 1. The van der Waals surface area contributed by atoms with Gasteiger partial charge in [0.05, 0.1) is 28.8 Å².